The average molecular weight is 361 g/mol. The Balaban J connectivity index is 2.09. The van der Waals surface area contributed by atoms with Crippen LogP contribution < -0.4 is 10.7 Å². The molecule has 6 nitrogen and oxygen atoms in total. The van der Waals surface area contributed by atoms with E-state index in [-0.39, 0.29) is 12.3 Å². The maximum Gasteiger partial charge on any atom is 0.334 e. The summed E-state index contributed by atoms with van der Waals surface area (Å²) in [4.78, 5) is 24.2. The molecule has 2 aromatic carbocycles. The van der Waals surface area contributed by atoms with Gasteiger partial charge in [0.25, 0.3) is 5.91 Å². The molecule has 0 saturated heterocycles. The zero-order chi connectivity index (χ0) is 18.9. The zero-order valence-corrected chi connectivity index (χ0v) is 13.9. The Labute approximate surface area is 148 Å². The van der Waals surface area contributed by atoms with Gasteiger partial charge in [0, 0.05) is 11.6 Å². The lowest BCUT2D eigenvalue weighted by molar-refractivity contribution is -0.143. The molecule has 1 amide bonds. The summed E-state index contributed by atoms with van der Waals surface area (Å²) in [6.07, 6.45) is 1.07. The monoisotopic (exact) mass is 361 g/mol. The van der Waals surface area contributed by atoms with Gasteiger partial charge in [-0.3, -0.25) is 10.2 Å². The van der Waals surface area contributed by atoms with Gasteiger partial charge in [-0.1, -0.05) is 18.2 Å². The number of carbonyl (C=O) groups is 2. The number of carbonyl (C=O) groups excluding carboxylic acids is 2. The van der Waals surface area contributed by atoms with Crippen molar-refractivity contribution in [3.63, 3.8) is 0 Å². The molecule has 8 heteroatoms. The van der Waals surface area contributed by atoms with Gasteiger partial charge < -0.3 is 10.1 Å². The SMILES string of the molecule is CCOC(=O)C(/C=N/Nc1ccc(F)cc1F)NC(=O)c1ccccc1. The fourth-order valence-corrected chi connectivity index (χ4v) is 1.96. The molecule has 2 rings (SSSR count). The van der Waals surface area contributed by atoms with E-state index in [1.165, 1.54) is 0 Å². The number of hydrazone groups is 1. The summed E-state index contributed by atoms with van der Waals surface area (Å²) in [6.45, 7) is 1.74. The lowest BCUT2D eigenvalue weighted by Crippen LogP contribution is -2.43. The van der Waals surface area contributed by atoms with Crippen molar-refractivity contribution in [1.29, 1.82) is 0 Å². The Hall–Kier alpha value is -3.29. The standard InChI is InChI=1S/C18H17F2N3O3/c1-2-26-18(25)16(22-17(24)12-6-4-3-5-7-12)11-21-23-15-9-8-13(19)10-14(15)20/h3-11,16,23H,2H2,1H3,(H,22,24)/b21-11+. The Morgan fingerprint density at radius 3 is 2.58 bits per heavy atom. The summed E-state index contributed by atoms with van der Waals surface area (Å²) >= 11 is 0. The lowest BCUT2D eigenvalue weighted by Gasteiger charge is -2.13. The van der Waals surface area contributed by atoms with Crippen LogP contribution in [0.5, 0.6) is 0 Å². The van der Waals surface area contributed by atoms with E-state index < -0.39 is 29.6 Å². The van der Waals surface area contributed by atoms with Crippen molar-refractivity contribution in [2.24, 2.45) is 5.10 Å². The predicted molar refractivity (Wildman–Crippen MR) is 92.8 cm³/mol. The van der Waals surface area contributed by atoms with Gasteiger partial charge in [0.15, 0.2) is 11.9 Å². The topological polar surface area (TPSA) is 79.8 Å². The Kier molecular flexibility index (Phi) is 6.78. The molecule has 136 valence electrons. The number of hydrogen-bond acceptors (Lipinski definition) is 5. The third kappa shape index (κ3) is 5.37. The van der Waals surface area contributed by atoms with Gasteiger partial charge in [-0.05, 0) is 31.2 Å². The molecule has 0 aliphatic rings. The minimum absolute atomic E-state index is 0.0837. The first-order valence-electron chi connectivity index (χ1n) is 7.78. The average Bonchev–Trinajstić information content (AvgIpc) is 2.63. The molecule has 0 fully saturated rings. The number of nitrogens with one attached hydrogen (secondary N) is 2. The van der Waals surface area contributed by atoms with Gasteiger partial charge in [0.2, 0.25) is 0 Å². The van der Waals surface area contributed by atoms with Crippen LogP contribution in [0.1, 0.15) is 17.3 Å². The summed E-state index contributed by atoms with van der Waals surface area (Å²) in [6, 6.07) is 10.0. The van der Waals surface area contributed by atoms with Gasteiger partial charge >= 0.3 is 5.97 Å². The molecule has 0 heterocycles. The van der Waals surface area contributed by atoms with Crippen LogP contribution >= 0.6 is 0 Å². The van der Waals surface area contributed by atoms with Crippen molar-refractivity contribution in [3.8, 4) is 0 Å². The number of amides is 1. The van der Waals surface area contributed by atoms with Crippen LogP contribution in [-0.4, -0.2) is 30.7 Å². The second kappa shape index (κ2) is 9.26. The van der Waals surface area contributed by atoms with E-state index in [2.05, 4.69) is 15.8 Å². The number of halogens is 2. The van der Waals surface area contributed by atoms with Crippen molar-refractivity contribution in [3.05, 3.63) is 65.7 Å². The molecule has 0 aromatic heterocycles. The first-order valence-corrected chi connectivity index (χ1v) is 7.78. The number of ether oxygens (including phenoxy) is 1. The fraction of sp³-hybridized carbons (Fsp3) is 0.167. The van der Waals surface area contributed by atoms with Gasteiger partial charge in [0.1, 0.15) is 5.82 Å². The van der Waals surface area contributed by atoms with E-state index in [0.717, 1.165) is 18.3 Å². The highest BCUT2D eigenvalue weighted by Crippen LogP contribution is 2.14. The van der Waals surface area contributed by atoms with Crippen molar-refractivity contribution < 1.29 is 23.1 Å². The van der Waals surface area contributed by atoms with E-state index in [4.69, 9.17) is 4.74 Å². The van der Waals surface area contributed by atoms with E-state index in [1.807, 2.05) is 0 Å². The summed E-state index contributed by atoms with van der Waals surface area (Å²) in [7, 11) is 0. The molecule has 0 spiro atoms. The molecule has 1 atom stereocenters. The van der Waals surface area contributed by atoms with E-state index in [1.54, 1.807) is 37.3 Å². The molecular formula is C18H17F2N3O3. The van der Waals surface area contributed by atoms with Crippen LogP contribution in [0.25, 0.3) is 0 Å². The second-order valence-electron chi connectivity index (χ2n) is 5.08. The van der Waals surface area contributed by atoms with Crippen molar-refractivity contribution in [1.82, 2.24) is 5.32 Å². The third-order valence-electron chi connectivity index (χ3n) is 3.20. The van der Waals surface area contributed by atoms with Crippen LogP contribution in [0.2, 0.25) is 0 Å². The number of benzene rings is 2. The van der Waals surface area contributed by atoms with E-state index in [9.17, 15) is 18.4 Å². The summed E-state index contributed by atoms with van der Waals surface area (Å²) < 4.78 is 31.3. The largest absolute Gasteiger partial charge is 0.464 e. The highest BCUT2D eigenvalue weighted by Gasteiger charge is 2.21. The van der Waals surface area contributed by atoms with Crippen LogP contribution in [0.4, 0.5) is 14.5 Å². The van der Waals surface area contributed by atoms with Gasteiger partial charge in [-0.15, -0.1) is 0 Å². The molecule has 2 aromatic rings. The Morgan fingerprint density at radius 1 is 1.19 bits per heavy atom. The predicted octanol–water partition coefficient (Wildman–Crippen LogP) is 2.72. The first-order chi connectivity index (χ1) is 12.5. The first kappa shape index (κ1) is 19.0. The van der Waals surface area contributed by atoms with Crippen molar-refractivity contribution >= 4 is 23.8 Å². The van der Waals surface area contributed by atoms with Crippen LogP contribution in [0.3, 0.4) is 0 Å². The Bertz CT molecular complexity index is 798. The van der Waals surface area contributed by atoms with E-state index >= 15 is 0 Å². The minimum Gasteiger partial charge on any atom is -0.464 e. The molecule has 1 unspecified atom stereocenters. The molecule has 26 heavy (non-hydrogen) atoms. The van der Waals surface area contributed by atoms with Crippen LogP contribution in [0, 0.1) is 11.6 Å². The smallest absolute Gasteiger partial charge is 0.334 e. The molecule has 0 saturated carbocycles. The molecular weight excluding hydrogens is 344 g/mol. The second-order valence-corrected chi connectivity index (χ2v) is 5.08. The third-order valence-corrected chi connectivity index (χ3v) is 3.20. The number of hydrogen-bond donors (Lipinski definition) is 2. The highest BCUT2D eigenvalue weighted by atomic mass is 19.1. The molecule has 0 aliphatic carbocycles. The van der Waals surface area contributed by atoms with Crippen molar-refractivity contribution in [2.45, 2.75) is 13.0 Å². The van der Waals surface area contributed by atoms with Gasteiger partial charge in [-0.2, -0.15) is 5.10 Å². The Morgan fingerprint density at radius 2 is 1.92 bits per heavy atom. The summed E-state index contributed by atoms with van der Waals surface area (Å²) in [5, 5.41) is 6.20. The highest BCUT2D eigenvalue weighted by molar-refractivity contribution is 6.03. The molecule has 0 aliphatic heterocycles. The van der Waals surface area contributed by atoms with Gasteiger partial charge in [-0.25, -0.2) is 13.6 Å². The summed E-state index contributed by atoms with van der Waals surface area (Å²) in [5.41, 5.74) is 2.62. The number of anilines is 1. The molecule has 2 N–H and O–H groups in total. The van der Waals surface area contributed by atoms with Crippen LogP contribution in [-0.2, 0) is 9.53 Å². The number of rotatable bonds is 7. The molecule has 0 bridgehead atoms. The maximum absolute atomic E-state index is 13.5. The summed E-state index contributed by atoms with van der Waals surface area (Å²) in [5.74, 6) is -2.79. The molecule has 0 radical (unpaired) electrons. The van der Waals surface area contributed by atoms with Crippen molar-refractivity contribution in [2.75, 3.05) is 12.0 Å². The fourth-order valence-electron chi connectivity index (χ4n) is 1.96. The lowest BCUT2D eigenvalue weighted by atomic mass is 10.2. The zero-order valence-electron chi connectivity index (χ0n) is 13.9. The van der Waals surface area contributed by atoms with Crippen LogP contribution in [0.15, 0.2) is 53.6 Å². The van der Waals surface area contributed by atoms with E-state index in [0.29, 0.717) is 11.6 Å². The number of esters is 1. The number of nitrogens with zero attached hydrogens (tertiary/aromatic N) is 1. The van der Waals surface area contributed by atoms with Gasteiger partial charge in [0.05, 0.1) is 18.5 Å². The normalized spacial score (nSPS) is 11.8. The quantitative estimate of drug-likeness (QED) is 0.451. The minimum atomic E-state index is -1.18. The maximum atomic E-state index is 13.5.